The maximum atomic E-state index is 11.4. The predicted octanol–water partition coefficient (Wildman–Crippen LogP) is 4.51. The Hall–Kier alpha value is -0.990. The maximum Gasteiger partial charge on any atom is 0.348 e. The van der Waals surface area contributed by atoms with E-state index in [9.17, 15) is 4.79 Å². The number of esters is 1. The summed E-state index contributed by atoms with van der Waals surface area (Å²) in [6.07, 6.45) is 2.00. The Morgan fingerprint density at radius 2 is 2.06 bits per heavy atom. The van der Waals surface area contributed by atoms with Crippen LogP contribution in [0, 0.1) is 18.3 Å². The molecule has 0 amide bonds. The fourth-order valence-corrected chi connectivity index (χ4v) is 2.63. The SMILES string of the molecule is CC.CC#N.CCOC(=O)c1sc(SC)cc1C. The molecule has 1 rings (SSSR count). The molecule has 0 aliphatic heterocycles. The van der Waals surface area contributed by atoms with Gasteiger partial charge in [0.1, 0.15) is 4.88 Å². The molecule has 0 unspecified atom stereocenters. The van der Waals surface area contributed by atoms with Crippen molar-refractivity contribution in [2.75, 3.05) is 12.9 Å². The van der Waals surface area contributed by atoms with E-state index in [0.29, 0.717) is 6.61 Å². The van der Waals surface area contributed by atoms with Gasteiger partial charge in [-0.1, -0.05) is 13.8 Å². The minimum atomic E-state index is -0.203. The topological polar surface area (TPSA) is 50.1 Å². The molecule has 0 aliphatic rings. The summed E-state index contributed by atoms with van der Waals surface area (Å²) in [6, 6.07) is 3.77. The van der Waals surface area contributed by atoms with Gasteiger partial charge in [-0.05, 0) is 31.7 Å². The summed E-state index contributed by atoms with van der Waals surface area (Å²) >= 11 is 3.15. The van der Waals surface area contributed by atoms with Gasteiger partial charge in [-0.3, -0.25) is 0 Å². The van der Waals surface area contributed by atoms with Crippen LogP contribution >= 0.6 is 23.1 Å². The van der Waals surface area contributed by atoms with E-state index in [0.717, 1.165) is 14.6 Å². The van der Waals surface area contributed by atoms with Crippen molar-refractivity contribution in [3.05, 3.63) is 16.5 Å². The molecule has 0 spiro atoms. The Morgan fingerprint density at radius 1 is 1.56 bits per heavy atom. The smallest absolute Gasteiger partial charge is 0.348 e. The minimum absolute atomic E-state index is 0.203. The highest BCUT2D eigenvalue weighted by Crippen LogP contribution is 2.29. The summed E-state index contributed by atoms with van der Waals surface area (Å²) in [6.45, 7) is 9.61. The van der Waals surface area contributed by atoms with E-state index in [2.05, 4.69) is 0 Å². The molecule has 18 heavy (non-hydrogen) atoms. The molecule has 102 valence electrons. The highest BCUT2D eigenvalue weighted by molar-refractivity contribution is 8.00. The molecule has 5 heteroatoms. The predicted molar refractivity (Wildman–Crippen MR) is 79.4 cm³/mol. The van der Waals surface area contributed by atoms with Crippen molar-refractivity contribution in [3.63, 3.8) is 0 Å². The van der Waals surface area contributed by atoms with Gasteiger partial charge >= 0.3 is 5.97 Å². The second kappa shape index (κ2) is 12.5. The average Bonchev–Trinajstić information content (AvgIpc) is 2.74. The fourth-order valence-electron chi connectivity index (χ4n) is 0.953. The van der Waals surface area contributed by atoms with E-state index in [4.69, 9.17) is 10.00 Å². The number of ether oxygens (including phenoxy) is 1. The van der Waals surface area contributed by atoms with Gasteiger partial charge in [-0.15, -0.1) is 23.1 Å². The van der Waals surface area contributed by atoms with Gasteiger partial charge in [-0.2, -0.15) is 5.26 Å². The quantitative estimate of drug-likeness (QED) is 0.606. The first-order valence-corrected chi connectivity index (χ1v) is 7.77. The third-order valence-electron chi connectivity index (χ3n) is 1.56. The molecule has 1 aromatic heterocycles. The third kappa shape index (κ3) is 7.36. The molecule has 0 atom stereocenters. The molecule has 1 heterocycles. The van der Waals surface area contributed by atoms with E-state index in [1.807, 2.05) is 40.0 Å². The lowest BCUT2D eigenvalue weighted by molar-refractivity contribution is 0.0531. The zero-order chi connectivity index (χ0) is 14.6. The number of nitrogens with zero attached hydrogens (tertiary/aromatic N) is 1. The van der Waals surface area contributed by atoms with Crippen molar-refractivity contribution in [1.82, 2.24) is 0 Å². The van der Waals surface area contributed by atoms with Crippen LogP contribution < -0.4 is 0 Å². The van der Waals surface area contributed by atoms with Gasteiger partial charge in [0.2, 0.25) is 0 Å². The van der Waals surface area contributed by atoms with Crippen LogP contribution in [-0.2, 0) is 4.74 Å². The summed E-state index contributed by atoms with van der Waals surface area (Å²) in [4.78, 5) is 12.1. The molecule has 3 nitrogen and oxygen atoms in total. The molecule has 0 fully saturated rings. The van der Waals surface area contributed by atoms with Gasteiger partial charge in [0.05, 0.1) is 16.9 Å². The van der Waals surface area contributed by atoms with Crippen molar-refractivity contribution < 1.29 is 9.53 Å². The summed E-state index contributed by atoms with van der Waals surface area (Å²) in [7, 11) is 0. The number of thioether (sulfide) groups is 1. The molecule has 0 saturated heterocycles. The molecular weight excluding hydrogens is 266 g/mol. The lowest BCUT2D eigenvalue weighted by Gasteiger charge is -1.98. The summed E-state index contributed by atoms with van der Waals surface area (Å²) in [5, 5.41) is 7.32. The number of nitriles is 1. The van der Waals surface area contributed by atoms with E-state index in [1.165, 1.54) is 18.3 Å². The summed E-state index contributed by atoms with van der Waals surface area (Å²) in [5.41, 5.74) is 1.01. The largest absolute Gasteiger partial charge is 0.462 e. The first-order chi connectivity index (χ1) is 8.60. The van der Waals surface area contributed by atoms with Crippen molar-refractivity contribution in [2.24, 2.45) is 0 Å². The first kappa shape index (κ1) is 19.4. The number of carbonyl (C=O) groups is 1. The number of hydrogen-bond donors (Lipinski definition) is 0. The number of aryl methyl sites for hydroxylation is 1. The van der Waals surface area contributed by atoms with Gasteiger partial charge in [0.25, 0.3) is 0 Å². The van der Waals surface area contributed by atoms with E-state index < -0.39 is 0 Å². The molecule has 1 aromatic rings. The van der Waals surface area contributed by atoms with Gasteiger partial charge in [0.15, 0.2) is 0 Å². The van der Waals surface area contributed by atoms with E-state index >= 15 is 0 Å². The third-order valence-corrected chi connectivity index (χ3v) is 3.84. The van der Waals surface area contributed by atoms with Crippen LogP contribution in [0.1, 0.15) is 42.9 Å². The second-order valence-electron chi connectivity index (χ2n) is 2.73. The highest BCUT2D eigenvalue weighted by atomic mass is 32.2. The molecule has 0 saturated carbocycles. The Bertz CT molecular complexity index is 381. The van der Waals surface area contributed by atoms with Crippen molar-refractivity contribution in [2.45, 2.75) is 38.8 Å². The van der Waals surface area contributed by atoms with Gasteiger partial charge in [0, 0.05) is 6.92 Å². The Kier molecular flexibility index (Phi) is 13.4. The Labute approximate surface area is 118 Å². The summed E-state index contributed by atoms with van der Waals surface area (Å²) < 4.78 is 6.08. The van der Waals surface area contributed by atoms with E-state index in [-0.39, 0.29) is 5.97 Å². The molecule has 0 aliphatic carbocycles. The molecule has 0 bridgehead atoms. The van der Waals surface area contributed by atoms with Crippen LogP contribution in [0.25, 0.3) is 0 Å². The van der Waals surface area contributed by atoms with Gasteiger partial charge < -0.3 is 4.74 Å². The van der Waals surface area contributed by atoms with E-state index in [1.54, 1.807) is 17.8 Å². The van der Waals surface area contributed by atoms with Crippen LogP contribution in [0.15, 0.2) is 10.3 Å². The highest BCUT2D eigenvalue weighted by Gasteiger charge is 2.13. The number of carbonyl (C=O) groups excluding carboxylic acids is 1. The molecule has 0 aromatic carbocycles. The van der Waals surface area contributed by atoms with Crippen molar-refractivity contribution in [1.29, 1.82) is 5.26 Å². The van der Waals surface area contributed by atoms with Crippen LogP contribution in [0.3, 0.4) is 0 Å². The Balaban J connectivity index is 0. The zero-order valence-corrected chi connectivity index (χ0v) is 13.5. The first-order valence-electron chi connectivity index (χ1n) is 5.73. The summed E-state index contributed by atoms with van der Waals surface area (Å²) in [5.74, 6) is -0.203. The molecular formula is C13H21NO2S2. The van der Waals surface area contributed by atoms with Gasteiger partial charge in [-0.25, -0.2) is 4.79 Å². The standard InChI is InChI=1S/C9H12O2S2.C2H3N.C2H6/c1-4-11-9(10)8-6(2)5-7(12-3)13-8;1-2-3;1-2/h5H,4H2,1-3H3;1H3;1-2H3. The second-order valence-corrected chi connectivity index (χ2v) is 4.88. The zero-order valence-electron chi connectivity index (χ0n) is 11.9. The van der Waals surface area contributed by atoms with Crippen molar-refractivity contribution >= 4 is 29.1 Å². The lowest BCUT2D eigenvalue weighted by Crippen LogP contribution is -2.03. The monoisotopic (exact) mass is 287 g/mol. The van der Waals surface area contributed by atoms with Crippen LogP contribution in [0.4, 0.5) is 0 Å². The Morgan fingerprint density at radius 3 is 2.39 bits per heavy atom. The van der Waals surface area contributed by atoms with Crippen LogP contribution in [0.5, 0.6) is 0 Å². The average molecular weight is 287 g/mol. The molecule has 0 N–H and O–H groups in total. The number of rotatable bonds is 3. The fraction of sp³-hybridized carbons (Fsp3) is 0.538. The minimum Gasteiger partial charge on any atom is -0.462 e. The number of thiophene rings is 1. The van der Waals surface area contributed by atoms with Crippen LogP contribution in [0.2, 0.25) is 0 Å². The van der Waals surface area contributed by atoms with Crippen LogP contribution in [-0.4, -0.2) is 18.8 Å². The lowest BCUT2D eigenvalue weighted by atomic mass is 10.3. The number of hydrogen-bond acceptors (Lipinski definition) is 5. The molecule has 0 radical (unpaired) electrons. The maximum absolute atomic E-state index is 11.4. The normalized spacial score (nSPS) is 8.06. The van der Waals surface area contributed by atoms with Crippen molar-refractivity contribution in [3.8, 4) is 6.07 Å².